The lowest BCUT2D eigenvalue weighted by atomic mass is 9.92. The summed E-state index contributed by atoms with van der Waals surface area (Å²) in [5.74, 6) is 0. The second kappa shape index (κ2) is 3.97. The maximum absolute atomic E-state index is 9.56. The van der Waals surface area contributed by atoms with Crippen LogP contribution in [0.15, 0.2) is 0 Å². The highest BCUT2D eigenvalue weighted by molar-refractivity contribution is 4.97. The molecule has 1 N–H and O–H groups in total. The third-order valence-electron chi connectivity index (χ3n) is 4.03. The lowest BCUT2D eigenvalue weighted by Gasteiger charge is -2.33. The van der Waals surface area contributed by atoms with Gasteiger partial charge < -0.3 is 14.6 Å². The van der Waals surface area contributed by atoms with Crippen molar-refractivity contribution in [3.63, 3.8) is 0 Å². The van der Waals surface area contributed by atoms with Gasteiger partial charge in [0.2, 0.25) is 0 Å². The van der Waals surface area contributed by atoms with Crippen LogP contribution in [0.5, 0.6) is 0 Å². The summed E-state index contributed by atoms with van der Waals surface area (Å²) >= 11 is 0. The highest BCUT2D eigenvalue weighted by atomic mass is 16.6. The second-order valence-corrected chi connectivity index (χ2v) is 6.15. The minimum Gasteiger partial charge on any atom is -0.391 e. The number of rotatable bonds is 2. The Morgan fingerprint density at radius 2 is 1.81 bits per heavy atom. The molecule has 3 nitrogen and oxygen atoms in total. The summed E-state index contributed by atoms with van der Waals surface area (Å²) < 4.78 is 12.1. The molecule has 3 heteroatoms. The van der Waals surface area contributed by atoms with Gasteiger partial charge in [0, 0.05) is 0 Å². The van der Waals surface area contributed by atoms with Crippen LogP contribution in [0.2, 0.25) is 0 Å². The zero-order valence-electron chi connectivity index (χ0n) is 10.8. The molecule has 2 fully saturated rings. The third kappa shape index (κ3) is 2.27. The van der Waals surface area contributed by atoms with Crippen molar-refractivity contribution in [1.82, 2.24) is 0 Å². The average Bonchev–Trinajstić information content (AvgIpc) is 2.70. The van der Waals surface area contributed by atoms with Gasteiger partial charge in [0.1, 0.15) is 0 Å². The SMILES string of the molecule is CC(O)[C@H]1CC[C@@](C)([C@H]2CCC(C)(C)O2)O1. The summed E-state index contributed by atoms with van der Waals surface area (Å²) in [6.45, 7) is 8.20. The predicted molar refractivity (Wildman–Crippen MR) is 62.4 cm³/mol. The third-order valence-corrected chi connectivity index (χ3v) is 4.03. The van der Waals surface area contributed by atoms with Gasteiger partial charge in [-0.15, -0.1) is 0 Å². The highest BCUT2D eigenvalue weighted by Gasteiger charge is 2.48. The van der Waals surface area contributed by atoms with E-state index in [2.05, 4.69) is 20.8 Å². The van der Waals surface area contributed by atoms with Crippen LogP contribution < -0.4 is 0 Å². The maximum Gasteiger partial charge on any atom is 0.0921 e. The molecule has 0 aliphatic carbocycles. The van der Waals surface area contributed by atoms with E-state index in [1.54, 1.807) is 6.92 Å². The molecule has 0 aromatic rings. The van der Waals surface area contributed by atoms with Crippen LogP contribution in [0.1, 0.15) is 53.4 Å². The van der Waals surface area contributed by atoms with Crippen molar-refractivity contribution < 1.29 is 14.6 Å². The Bertz CT molecular complexity index is 262. The van der Waals surface area contributed by atoms with Gasteiger partial charge in [0.25, 0.3) is 0 Å². The number of aliphatic hydroxyl groups excluding tert-OH is 1. The van der Waals surface area contributed by atoms with E-state index in [4.69, 9.17) is 9.47 Å². The fraction of sp³-hybridized carbons (Fsp3) is 1.00. The summed E-state index contributed by atoms with van der Waals surface area (Å²) in [5.41, 5.74) is -0.213. The molecular weight excluding hydrogens is 204 g/mol. The Hall–Kier alpha value is -0.120. The van der Waals surface area contributed by atoms with Crippen molar-refractivity contribution in [2.45, 2.75) is 82.9 Å². The van der Waals surface area contributed by atoms with Crippen molar-refractivity contribution in [3.8, 4) is 0 Å². The molecule has 0 radical (unpaired) electrons. The first kappa shape index (κ1) is 12.3. The highest BCUT2D eigenvalue weighted by Crippen LogP contribution is 2.43. The minimum atomic E-state index is -0.378. The van der Waals surface area contributed by atoms with E-state index in [1.165, 1.54) is 0 Å². The number of ether oxygens (including phenoxy) is 2. The van der Waals surface area contributed by atoms with Crippen molar-refractivity contribution >= 4 is 0 Å². The summed E-state index contributed by atoms with van der Waals surface area (Å²) in [4.78, 5) is 0. The number of aliphatic hydroxyl groups is 1. The van der Waals surface area contributed by atoms with Crippen LogP contribution in [0.25, 0.3) is 0 Å². The molecule has 2 rings (SSSR count). The van der Waals surface area contributed by atoms with Gasteiger partial charge in [-0.2, -0.15) is 0 Å². The molecule has 0 bridgehead atoms. The second-order valence-electron chi connectivity index (χ2n) is 6.15. The zero-order chi connectivity index (χ0) is 12.0. The molecule has 2 aliphatic rings. The zero-order valence-corrected chi connectivity index (χ0v) is 10.8. The van der Waals surface area contributed by atoms with Gasteiger partial charge in [-0.05, 0) is 53.4 Å². The van der Waals surface area contributed by atoms with E-state index in [0.29, 0.717) is 0 Å². The van der Waals surface area contributed by atoms with E-state index in [0.717, 1.165) is 25.7 Å². The van der Waals surface area contributed by atoms with Crippen LogP contribution in [0.4, 0.5) is 0 Å². The first-order valence-corrected chi connectivity index (χ1v) is 6.36. The van der Waals surface area contributed by atoms with Gasteiger partial charge in [-0.25, -0.2) is 0 Å². The monoisotopic (exact) mass is 228 g/mol. The standard InChI is InChI=1S/C13H24O3/c1-9(14)10-5-8-13(4,15-10)11-6-7-12(2,3)16-11/h9-11,14H,5-8H2,1-4H3/t9?,10-,11-,13+/m1/s1. The van der Waals surface area contributed by atoms with Crippen molar-refractivity contribution in [2.24, 2.45) is 0 Å². The summed E-state index contributed by atoms with van der Waals surface area (Å²) in [5, 5.41) is 9.56. The van der Waals surface area contributed by atoms with Gasteiger partial charge in [-0.1, -0.05) is 0 Å². The smallest absolute Gasteiger partial charge is 0.0921 e. The molecule has 1 unspecified atom stereocenters. The van der Waals surface area contributed by atoms with E-state index < -0.39 is 0 Å². The molecule has 0 spiro atoms. The van der Waals surface area contributed by atoms with Crippen LogP contribution in [0, 0.1) is 0 Å². The Morgan fingerprint density at radius 1 is 1.12 bits per heavy atom. The Morgan fingerprint density at radius 3 is 2.25 bits per heavy atom. The van der Waals surface area contributed by atoms with Crippen LogP contribution >= 0.6 is 0 Å². The predicted octanol–water partition coefficient (Wildman–Crippen LogP) is 2.26. The molecule has 0 aromatic heterocycles. The van der Waals surface area contributed by atoms with Gasteiger partial charge in [-0.3, -0.25) is 0 Å². The molecule has 94 valence electrons. The molecule has 0 aromatic carbocycles. The molecular formula is C13H24O3. The Labute approximate surface area is 98.1 Å². The molecule has 4 atom stereocenters. The van der Waals surface area contributed by atoms with E-state index in [9.17, 15) is 5.11 Å². The first-order valence-electron chi connectivity index (χ1n) is 6.36. The van der Waals surface area contributed by atoms with Crippen LogP contribution in [-0.4, -0.2) is 34.6 Å². The van der Waals surface area contributed by atoms with Crippen molar-refractivity contribution in [3.05, 3.63) is 0 Å². The quantitative estimate of drug-likeness (QED) is 0.788. The lowest BCUT2D eigenvalue weighted by molar-refractivity contribution is -0.155. The van der Waals surface area contributed by atoms with Crippen molar-refractivity contribution in [2.75, 3.05) is 0 Å². The topological polar surface area (TPSA) is 38.7 Å². The molecule has 2 aliphatic heterocycles. The van der Waals surface area contributed by atoms with Crippen LogP contribution in [0.3, 0.4) is 0 Å². The van der Waals surface area contributed by atoms with Crippen molar-refractivity contribution in [1.29, 1.82) is 0 Å². The fourth-order valence-electron chi connectivity index (χ4n) is 2.88. The fourth-order valence-corrected chi connectivity index (χ4v) is 2.88. The van der Waals surface area contributed by atoms with Gasteiger partial charge in [0.05, 0.1) is 29.5 Å². The molecule has 0 amide bonds. The molecule has 2 heterocycles. The number of hydrogen-bond acceptors (Lipinski definition) is 3. The summed E-state index contributed by atoms with van der Waals surface area (Å²) in [6, 6.07) is 0. The summed E-state index contributed by atoms with van der Waals surface area (Å²) in [7, 11) is 0. The molecule has 0 saturated carbocycles. The lowest BCUT2D eigenvalue weighted by Crippen LogP contribution is -2.41. The summed E-state index contributed by atoms with van der Waals surface area (Å²) in [6.07, 6.45) is 3.88. The largest absolute Gasteiger partial charge is 0.391 e. The van der Waals surface area contributed by atoms with Gasteiger partial charge >= 0.3 is 0 Å². The normalized spacial score (nSPS) is 44.8. The Balaban J connectivity index is 2.00. The minimum absolute atomic E-state index is 0.0139. The van der Waals surface area contributed by atoms with E-state index >= 15 is 0 Å². The molecule has 16 heavy (non-hydrogen) atoms. The van der Waals surface area contributed by atoms with Gasteiger partial charge in [0.15, 0.2) is 0 Å². The average molecular weight is 228 g/mol. The van der Waals surface area contributed by atoms with E-state index in [1.807, 2.05) is 0 Å². The van der Waals surface area contributed by atoms with Crippen LogP contribution in [-0.2, 0) is 9.47 Å². The molecule has 2 saturated heterocycles. The first-order chi connectivity index (χ1) is 7.32. The maximum atomic E-state index is 9.56. The van der Waals surface area contributed by atoms with E-state index in [-0.39, 0.29) is 29.5 Å². The Kier molecular flexibility index (Phi) is 3.06. The number of hydrogen-bond donors (Lipinski definition) is 1.